The Labute approximate surface area is 157 Å². The molecule has 1 atom stereocenters. The number of rotatable bonds is 8. The zero-order valence-corrected chi connectivity index (χ0v) is 16.1. The second-order valence-electron chi connectivity index (χ2n) is 7.13. The minimum atomic E-state index is -0.291. The molecule has 0 saturated heterocycles. The Morgan fingerprint density at radius 2 is 1.85 bits per heavy atom. The average molecular weight is 349 g/mol. The molecule has 0 N–H and O–H groups in total. The summed E-state index contributed by atoms with van der Waals surface area (Å²) in [6.45, 7) is 6.44. The molecule has 2 aromatic carbocycles. The largest absolute Gasteiger partial charge is 0.206 e. The number of benzene rings is 2. The Morgan fingerprint density at radius 3 is 2.46 bits per heavy atom. The molecule has 0 radical (unpaired) electrons. The van der Waals surface area contributed by atoms with Crippen molar-refractivity contribution >= 4 is 6.08 Å². The summed E-state index contributed by atoms with van der Waals surface area (Å²) < 4.78 is 14.3. The van der Waals surface area contributed by atoms with Crippen LogP contribution in [0.1, 0.15) is 56.2 Å². The van der Waals surface area contributed by atoms with E-state index in [9.17, 15) is 4.39 Å². The van der Waals surface area contributed by atoms with Gasteiger partial charge < -0.3 is 0 Å². The first-order valence-electron chi connectivity index (χ1n) is 9.50. The molecular formula is C24H28FN. The SMILES string of the molecule is CCCC(C)CCCc1ccc(-c2cc(C)c(C=CC#N)c(F)c2)cc1. The summed E-state index contributed by atoms with van der Waals surface area (Å²) in [5, 5.41) is 8.63. The number of nitrogens with zero attached hydrogens (tertiary/aromatic N) is 1. The topological polar surface area (TPSA) is 23.8 Å². The fourth-order valence-corrected chi connectivity index (χ4v) is 3.41. The maximum Gasteiger partial charge on any atom is 0.131 e. The minimum absolute atomic E-state index is 0.291. The van der Waals surface area contributed by atoms with E-state index in [1.165, 1.54) is 43.4 Å². The first-order chi connectivity index (χ1) is 12.5. The quantitative estimate of drug-likeness (QED) is 0.466. The molecule has 0 aliphatic rings. The average Bonchev–Trinajstić information content (AvgIpc) is 2.62. The Morgan fingerprint density at radius 1 is 1.12 bits per heavy atom. The molecule has 26 heavy (non-hydrogen) atoms. The van der Waals surface area contributed by atoms with Crippen LogP contribution in [0.15, 0.2) is 42.5 Å². The van der Waals surface area contributed by atoms with E-state index in [-0.39, 0.29) is 5.82 Å². The molecule has 136 valence electrons. The summed E-state index contributed by atoms with van der Waals surface area (Å²) in [7, 11) is 0. The van der Waals surface area contributed by atoms with Crippen molar-refractivity contribution in [2.75, 3.05) is 0 Å². The molecule has 1 nitrogen and oxygen atoms in total. The lowest BCUT2D eigenvalue weighted by molar-refractivity contribution is 0.469. The second-order valence-corrected chi connectivity index (χ2v) is 7.13. The first kappa shape index (κ1) is 19.9. The molecular weight excluding hydrogens is 321 g/mol. The molecule has 0 aliphatic carbocycles. The van der Waals surface area contributed by atoms with Gasteiger partial charge in [0.15, 0.2) is 0 Å². The lowest BCUT2D eigenvalue weighted by atomic mass is 9.95. The van der Waals surface area contributed by atoms with Crippen molar-refractivity contribution in [2.45, 2.75) is 52.9 Å². The van der Waals surface area contributed by atoms with E-state index in [1.54, 1.807) is 6.07 Å². The van der Waals surface area contributed by atoms with Gasteiger partial charge in [0.25, 0.3) is 0 Å². The van der Waals surface area contributed by atoms with Gasteiger partial charge in [-0.25, -0.2) is 4.39 Å². The zero-order chi connectivity index (χ0) is 18.9. The third kappa shape index (κ3) is 5.56. The smallest absolute Gasteiger partial charge is 0.131 e. The van der Waals surface area contributed by atoms with E-state index in [1.807, 2.05) is 19.1 Å². The highest BCUT2D eigenvalue weighted by Gasteiger charge is 2.08. The van der Waals surface area contributed by atoms with E-state index in [0.29, 0.717) is 5.56 Å². The van der Waals surface area contributed by atoms with Crippen LogP contribution in [0.3, 0.4) is 0 Å². The highest BCUT2D eigenvalue weighted by Crippen LogP contribution is 2.26. The highest BCUT2D eigenvalue weighted by molar-refractivity contribution is 5.68. The molecule has 0 aromatic heterocycles. The van der Waals surface area contributed by atoms with Gasteiger partial charge in [0.1, 0.15) is 5.82 Å². The molecule has 0 fully saturated rings. The molecule has 2 aromatic rings. The van der Waals surface area contributed by atoms with Gasteiger partial charge in [-0.1, -0.05) is 63.4 Å². The molecule has 0 aliphatic heterocycles. The number of hydrogen-bond acceptors (Lipinski definition) is 1. The van der Waals surface area contributed by atoms with Crippen molar-refractivity contribution in [3.8, 4) is 17.2 Å². The van der Waals surface area contributed by atoms with E-state index in [2.05, 4.69) is 38.1 Å². The fourth-order valence-electron chi connectivity index (χ4n) is 3.41. The second kappa shape index (κ2) is 9.92. The van der Waals surface area contributed by atoms with Gasteiger partial charge in [-0.2, -0.15) is 5.26 Å². The molecule has 0 heterocycles. The van der Waals surface area contributed by atoms with Crippen LogP contribution in [0.4, 0.5) is 4.39 Å². The van der Waals surface area contributed by atoms with Crippen molar-refractivity contribution in [1.82, 2.24) is 0 Å². The Bertz CT molecular complexity index is 758. The number of aryl methyl sites for hydroxylation is 2. The summed E-state index contributed by atoms with van der Waals surface area (Å²) in [6.07, 6.45) is 8.99. The molecule has 0 bridgehead atoms. The van der Waals surface area contributed by atoms with Gasteiger partial charge in [0, 0.05) is 11.6 Å². The summed E-state index contributed by atoms with van der Waals surface area (Å²) in [5.41, 5.74) is 4.54. The third-order valence-corrected chi connectivity index (χ3v) is 4.89. The monoisotopic (exact) mass is 349 g/mol. The van der Waals surface area contributed by atoms with Crippen molar-refractivity contribution in [2.24, 2.45) is 5.92 Å². The normalized spacial score (nSPS) is 12.3. The fraction of sp³-hybridized carbons (Fsp3) is 0.375. The van der Waals surface area contributed by atoms with Gasteiger partial charge >= 0.3 is 0 Å². The molecule has 0 saturated carbocycles. The van der Waals surface area contributed by atoms with Crippen LogP contribution in [-0.4, -0.2) is 0 Å². The van der Waals surface area contributed by atoms with Gasteiger partial charge in [-0.3, -0.25) is 0 Å². The van der Waals surface area contributed by atoms with Crippen molar-refractivity contribution < 1.29 is 4.39 Å². The van der Waals surface area contributed by atoms with E-state index in [0.717, 1.165) is 29.0 Å². The van der Waals surface area contributed by atoms with Crippen LogP contribution in [-0.2, 0) is 6.42 Å². The maximum absolute atomic E-state index is 14.3. The van der Waals surface area contributed by atoms with Crippen LogP contribution in [0, 0.1) is 30.0 Å². The van der Waals surface area contributed by atoms with Gasteiger partial charge in [-0.15, -0.1) is 0 Å². The van der Waals surface area contributed by atoms with Crippen LogP contribution in [0.25, 0.3) is 17.2 Å². The van der Waals surface area contributed by atoms with Gasteiger partial charge in [-0.05, 0) is 60.1 Å². The standard InChI is InChI=1S/C24H28FN/c1-4-7-18(2)8-5-9-20-11-13-21(14-12-20)22-16-19(3)23(10-6-15-26)24(25)17-22/h6,10-14,16-18H,4-5,7-9H2,1-3H3. The predicted molar refractivity (Wildman–Crippen MR) is 108 cm³/mol. The number of hydrogen-bond donors (Lipinski definition) is 0. The van der Waals surface area contributed by atoms with Gasteiger partial charge in [0.05, 0.1) is 6.07 Å². The zero-order valence-electron chi connectivity index (χ0n) is 16.1. The van der Waals surface area contributed by atoms with Crippen LogP contribution < -0.4 is 0 Å². The van der Waals surface area contributed by atoms with Crippen LogP contribution in [0.5, 0.6) is 0 Å². The first-order valence-corrected chi connectivity index (χ1v) is 9.50. The summed E-state index contributed by atoms with van der Waals surface area (Å²) >= 11 is 0. The van der Waals surface area contributed by atoms with E-state index < -0.39 is 0 Å². The van der Waals surface area contributed by atoms with Crippen LogP contribution >= 0.6 is 0 Å². The van der Waals surface area contributed by atoms with Crippen molar-refractivity contribution in [3.05, 3.63) is 65.0 Å². The lowest BCUT2D eigenvalue weighted by Gasteiger charge is -2.10. The molecule has 0 amide bonds. The summed E-state index contributed by atoms with van der Waals surface area (Å²) in [6, 6.07) is 13.9. The Hall–Kier alpha value is -2.40. The molecule has 0 spiro atoms. The van der Waals surface area contributed by atoms with Crippen molar-refractivity contribution in [3.63, 3.8) is 0 Å². The number of nitriles is 1. The Kier molecular flexibility index (Phi) is 7.60. The number of allylic oxidation sites excluding steroid dienone is 1. The predicted octanol–water partition coefficient (Wildman–Crippen LogP) is 7.10. The molecule has 2 heteroatoms. The number of halogens is 1. The maximum atomic E-state index is 14.3. The minimum Gasteiger partial charge on any atom is -0.206 e. The Balaban J connectivity index is 2.06. The lowest BCUT2D eigenvalue weighted by Crippen LogP contribution is -1.95. The molecule has 2 rings (SSSR count). The highest BCUT2D eigenvalue weighted by atomic mass is 19.1. The van der Waals surface area contributed by atoms with Crippen LogP contribution in [0.2, 0.25) is 0 Å². The third-order valence-electron chi connectivity index (χ3n) is 4.89. The van der Waals surface area contributed by atoms with Gasteiger partial charge in [0.2, 0.25) is 0 Å². The van der Waals surface area contributed by atoms with E-state index in [4.69, 9.17) is 5.26 Å². The summed E-state index contributed by atoms with van der Waals surface area (Å²) in [4.78, 5) is 0. The van der Waals surface area contributed by atoms with Crippen molar-refractivity contribution in [1.29, 1.82) is 5.26 Å². The van der Waals surface area contributed by atoms with E-state index >= 15 is 0 Å². The molecule has 1 unspecified atom stereocenters. The summed E-state index contributed by atoms with van der Waals surface area (Å²) in [5.74, 6) is 0.513.